The molecule has 11 rings (SSSR count). The van der Waals surface area contributed by atoms with Crippen LogP contribution in [0.5, 0.6) is 0 Å². The van der Waals surface area contributed by atoms with Crippen molar-refractivity contribution < 1.29 is 0 Å². The number of rotatable bonds is 14. The molecule has 0 aliphatic heterocycles. The molecule has 0 saturated heterocycles. The minimum absolute atomic E-state index is 0.951. The summed E-state index contributed by atoms with van der Waals surface area (Å²) in [4.78, 5) is 0. The van der Waals surface area contributed by atoms with Gasteiger partial charge in [-0.3, -0.25) is 0 Å². The van der Waals surface area contributed by atoms with Crippen LogP contribution in [0.25, 0.3) is 99.5 Å². The van der Waals surface area contributed by atoms with E-state index < -0.39 is 0 Å². The molecule has 0 radical (unpaired) electrons. The minimum Gasteiger partial charge on any atom is -0.316 e. The smallest absolute Gasteiger partial charge is 0.0541 e. The van der Waals surface area contributed by atoms with Crippen molar-refractivity contribution in [3.8, 4) is 44.8 Å². The average Bonchev–Trinajstić information content (AvgIpc) is 3.92. The van der Waals surface area contributed by atoms with Gasteiger partial charge in [-0.15, -0.1) is 0 Å². The van der Waals surface area contributed by atoms with Crippen molar-refractivity contribution in [1.82, 2.24) is 14.5 Å². The van der Waals surface area contributed by atoms with Crippen molar-refractivity contribution >= 4 is 54.8 Å². The van der Waals surface area contributed by atoms with Gasteiger partial charge in [-0.25, -0.2) is 0 Å². The lowest BCUT2D eigenvalue weighted by molar-refractivity contribution is 0.648. The molecular formula is C68H61N3. The molecule has 0 saturated carbocycles. The zero-order valence-corrected chi connectivity index (χ0v) is 41.2. The molecule has 0 fully saturated rings. The molecule has 0 atom stereocenters. The molecule has 8 aromatic carbocycles. The fraction of sp³-hybridized carbons (Fsp3) is 0.147. The van der Waals surface area contributed by atoms with Gasteiger partial charge in [0.15, 0.2) is 0 Å². The van der Waals surface area contributed by atoms with E-state index in [1.165, 1.54) is 118 Å². The first-order chi connectivity index (χ1) is 35.1. The Morgan fingerprint density at radius 2 is 1.00 bits per heavy atom. The second kappa shape index (κ2) is 20.5. The Bertz CT molecular complexity index is 3720. The van der Waals surface area contributed by atoms with Crippen LogP contribution in [-0.2, 0) is 0 Å². The molecular weight excluding hydrogens is 859 g/mol. The summed E-state index contributed by atoms with van der Waals surface area (Å²) in [5.41, 5.74) is 21.2. The zero-order valence-electron chi connectivity index (χ0n) is 41.2. The van der Waals surface area contributed by atoms with Gasteiger partial charge in [-0.1, -0.05) is 171 Å². The number of hydrogen-bond acceptors (Lipinski definition) is 1. The number of benzene rings is 8. The van der Waals surface area contributed by atoms with Gasteiger partial charge in [-0.2, -0.15) is 0 Å². The van der Waals surface area contributed by atoms with Gasteiger partial charge in [-0.05, 0) is 181 Å². The summed E-state index contributed by atoms with van der Waals surface area (Å²) in [6.45, 7) is 8.58. The van der Waals surface area contributed by atoms with Gasteiger partial charge in [0.1, 0.15) is 0 Å². The predicted octanol–water partition coefficient (Wildman–Crippen LogP) is 18.3. The van der Waals surface area contributed by atoms with Crippen molar-refractivity contribution in [2.75, 3.05) is 13.1 Å². The second-order valence-corrected chi connectivity index (χ2v) is 19.0. The monoisotopic (exact) mass is 919 g/mol. The maximum Gasteiger partial charge on any atom is 0.0541 e. The summed E-state index contributed by atoms with van der Waals surface area (Å²) in [5, 5.41) is 8.64. The SMILES string of the molecule is C/C=C\C=C(/CCNCCCC)c1ccccc1-c1ccc2c(c1)c1cc(-c3ccc4c(c3)c3cc(-c5ccccc5/C5=C/C=C\C=C(/C)CC5)ccc3n4-c3ccccc3)ccc1n2-c1ccccc1. The summed E-state index contributed by atoms with van der Waals surface area (Å²) in [6.07, 6.45) is 20.9. The molecule has 0 amide bonds. The van der Waals surface area contributed by atoms with E-state index in [-0.39, 0.29) is 0 Å². The minimum atomic E-state index is 0.951. The number of unbranched alkanes of at least 4 members (excludes halogenated alkanes) is 1. The third-order valence-electron chi connectivity index (χ3n) is 14.4. The zero-order chi connectivity index (χ0) is 48.1. The fourth-order valence-electron chi connectivity index (χ4n) is 10.8. The van der Waals surface area contributed by atoms with Gasteiger partial charge in [0.25, 0.3) is 0 Å². The third kappa shape index (κ3) is 9.06. The Hall–Kier alpha value is -7.98. The summed E-state index contributed by atoms with van der Waals surface area (Å²) < 4.78 is 4.86. The quantitative estimate of drug-likeness (QED) is 0.0852. The largest absolute Gasteiger partial charge is 0.316 e. The lowest BCUT2D eigenvalue weighted by atomic mass is 9.90. The molecule has 0 bridgehead atoms. The molecule has 348 valence electrons. The highest BCUT2D eigenvalue weighted by Crippen LogP contribution is 2.42. The van der Waals surface area contributed by atoms with Gasteiger partial charge in [0, 0.05) is 32.9 Å². The van der Waals surface area contributed by atoms with Crippen LogP contribution >= 0.6 is 0 Å². The van der Waals surface area contributed by atoms with E-state index in [1.54, 1.807) is 0 Å². The van der Waals surface area contributed by atoms with Crippen molar-refractivity contribution in [3.63, 3.8) is 0 Å². The highest BCUT2D eigenvalue weighted by molar-refractivity contribution is 6.14. The Morgan fingerprint density at radius 1 is 0.507 bits per heavy atom. The molecule has 1 aliphatic rings. The van der Waals surface area contributed by atoms with Crippen molar-refractivity contribution in [1.29, 1.82) is 0 Å². The van der Waals surface area contributed by atoms with E-state index in [2.05, 4.69) is 260 Å². The highest BCUT2D eigenvalue weighted by Gasteiger charge is 2.20. The van der Waals surface area contributed by atoms with Crippen LogP contribution in [0, 0.1) is 0 Å². The Balaban J connectivity index is 1.06. The van der Waals surface area contributed by atoms with Crippen LogP contribution < -0.4 is 5.32 Å². The van der Waals surface area contributed by atoms with E-state index in [1.807, 2.05) is 0 Å². The molecule has 71 heavy (non-hydrogen) atoms. The number of hydrogen-bond donors (Lipinski definition) is 1. The van der Waals surface area contributed by atoms with Crippen LogP contribution in [0.2, 0.25) is 0 Å². The molecule has 3 nitrogen and oxygen atoms in total. The average molecular weight is 920 g/mol. The van der Waals surface area contributed by atoms with Gasteiger partial charge in [0.2, 0.25) is 0 Å². The van der Waals surface area contributed by atoms with E-state index in [0.717, 1.165) is 43.7 Å². The fourth-order valence-corrected chi connectivity index (χ4v) is 10.8. The maximum absolute atomic E-state index is 3.68. The number of para-hydroxylation sites is 2. The summed E-state index contributed by atoms with van der Waals surface area (Å²) in [6, 6.07) is 67.8. The predicted molar refractivity (Wildman–Crippen MR) is 307 cm³/mol. The topological polar surface area (TPSA) is 21.9 Å². The van der Waals surface area contributed by atoms with Crippen LogP contribution in [0.1, 0.15) is 64.0 Å². The molecule has 2 heterocycles. The van der Waals surface area contributed by atoms with Crippen molar-refractivity contribution in [2.24, 2.45) is 0 Å². The lowest BCUT2D eigenvalue weighted by Crippen LogP contribution is -2.16. The highest BCUT2D eigenvalue weighted by atomic mass is 15.0. The normalized spacial score (nSPS) is 15.3. The van der Waals surface area contributed by atoms with Gasteiger partial charge < -0.3 is 14.5 Å². The molecule has 1 aliphatic carbocycles. The van der Waals surface area contributed by atoms with E-state index in [0.29, 0.717) is 0 Å². The first-order valence-corrected chi connectivity index (χ1v) is 25.6. The first-order valence-electron chi connectivity index (χ1n) is 25.6. The van der Waals surface area contributed by atoms with Crippen LogP contribution in [0.4, 0.5) is 0 Å². The van der Waals surface area contributed by atoms with Crippen molar-refractivity contribution in [2.45, 2.75) is 52.9 Å². The number of allylic oxidation sites excluding steroid dienone is 9. The van der Waals surface area contributed by atoms with Crippen LogP contribution in [0.15, 0.2) is 230 Å². The third-order valence-corrected chi connectivity index (χ3v) is 14.4. The molecule has 1 N–H and O–H groups in total. The Labute approximate surface area is 419 Å². The summed E-state index contributed by atoms with van der Waals surface area (Å²) >= 11 is 0. The van der Waals surface area contributed by atoms with E-state index in [9.17, 15) is 0 Å². The summed E-state index contributed by atoms with van der Waals surface area (Å²) in [7, 11) is 0. The molecule has 10 aromatic rings. The summed E-state index contributed by atoms with van der Waals surface area (Å²) in [5.74, 6) is 0. The Morgan fingerprint density at radius 3 is 1.58 bits per heavy atom. The number of nitrogens with zero attached hydrogens (tertiary/aromatic N) is 2. The van der Waals surface area contributed by atoms with Gasteiger partial charge >= 0.3 is 0 Å². The maximum atomic E-state index is 3.68. The molecule has 0 spiro atoms. The van der Waals surface area contributed by atoms with Crippen molar-refractivity contribution in [3.05, 3.63) is 241 Å². The number of fused-ring (bicyclic) bond motifs is 6. The standard InChI is InChI=1S/C68H61N3/c1-4-6-21-50(41-43-69-42-7-5-2)58-28-17-19-30-60(58)54-36-40-68-64(47-54)62-45-52(34-38-66(62)71(68)56-25-12-9-13-26-56)51-33-37-65-61(44-51)63-46-53(35-39-67(63)70(65)55-23-10-8-11-24-55)59-29-18-16-27-57(59)49-22-15-14-20-48(3)31-32-49/h4,6,8-30,33-40,44-47,69H,5,7,31-32,41-43H2,1-3H3/b6-4-,15-14-,48-20+,49-22+,50-21+. The Kier molecular flexibility index (Phi) is 13.2. The first kappa shape index (κ1) is 45.5. The number of aromatic nitrogens is 2. The van der Waals surface area contributed by atoms with Crippen LogP contribution in [-0.4, -0.2) is 22.2 Å². The van der Waals surface area contributed by atoms with Crippen LogP contribution in [0.3, 0.4) is 0 Å². The second-order valence-electron chi connectivity index (χ2n) is 19.0. The number of nitrogens with one attached hydrogen (secondary N) is 1. The molecule has 2 aromatic heterocycles. The molecule has 0 unspecified atom stereocenters. The lowest BCUT2D eigenvalue weighted by Gasteiger charge is -2.15. The van der Waals surface area contributed by atoms with E-state index in [4.69, 9.17) is 0 Å². The van der Waals surface area contributed by atoms with Gasteiger partial charge in [0.05, 0.1) is 22.1 Å². The van der Waals surface area contributed by atoms with E-state index >= 15 is 0 Å². The molecule has 3 heteroatoms.